The molecule has 2 N–H and O–H groups in total. The molecule has 1 saturated heterocycles. The molecule has 1 heterocycles. The normalized spacial score (nSPS) is 23.5. The first-order chi connectivity index (χ1) is 9.19. The van der Waals surface area contributed by atoms with E-state index in [1.54, 1.807) is 7.11 Å². The van der Waals surface area contributed by atoms with E-state index in [0.717, 1.165) is 36.4 Å². The molecular formula is C16H24N2O. The first-order valence-corrected chi connectivity index (χ1v) is 7.41. The third kappa shape index (κ3) is 2.51. The highest BCUT2D eigenvalue weighted by atomic mass is 16.5. The highest BCUT2D eigenvalue weighted by molar-refractivity contribution is 5.68. The van der Waals surface area contributed by atoms with Crippen LogP contribution in [0.15, 0.2) is 12.1 Å². The zero-order valence-electron chi connectivity index (χ0n) is 12.0. The van der Waals surface area contributed by atoms with E-state index < -0.39 is 0 Å². The van der Waals surface area contributed by atoms with E-state index in [0.29, 0.717) is 0 Å². The molecule has 1 aromatic rings. The molecule has 0 bridgehead atoms. The summed E-state index contributed by atoms with van der Waals surface area (Å²) < 4.78 is 5.41. The van der Waals surface area contributed by atoms with Gasteiger partial charge in [-0.05, 0) is 49.1 Å². The minimum absolute atomic E-state index is 0.723. The predicted octanol–water partition coefficient (Wildman–Crippen LogP) is 3.39. The van der Waals surface area contributed by atoms with Crippen LogP contribution in [0.4, 0.5) is 11.4 Å². The summed E-state index contributed by atoms with van der Waals surface area (Å²) in [6, 6.07) is 4.30. The molecule has 1 aliphatic carbocycles. The van der Waals surface area contributed by atoms with Crippen LogP contribution in [0.5, 0.6) is 5.75 Å². The number of hydrogen-bond donors (Lipinski definition) is 1. The van der Waals surface area contributed by atoms with E-state index in [2.05, 4.69) is 24.0 Å². The minimum Gasteiger partial charge on any atom is -0.495 e. The molecule has 19 heavy (non-hydrogen) atoms. The molecule has 3 nitrogen and oxygen atoms in total. The van der Waals surface area contributed by atoms with Crippen molar-refractivity contribution in [3.8, 4) is 5.75 Å². The van der Waals surface area contributed by atoms with Gasteiger partial charge in [0.2, 0.25) is 0 Å². The van der Waals surface area contributed by atoms with Crippen molar-refractivity contribution in [3.63, 3.8) is 0 Å². The van der Waals surface area contributed by atoms with Crippen molar-refractivity contribution in [2.75, 3.05) is 30.8 Å². The lowest BCUT2D eigenvalue weighted by Gasteiger charge is -2.34. The van der Waals surface area contributed by atoms with E-state index in [1.807, 2.05) is 0 Å². The summed E-state index contributed by atoms with van der Waals surface area (Å²) in [5.74, 6) is 2.32. The van der Waals surface area contributed by atoms with E-state index >= 15 is 0 Å². The molecule has 1 unspecified atom stereocenters. The monoisotopic (exact) mass is 260 g/mol. The number of piperidine rings is 1. The van der Waals surface area contributed by atoms with Crippen LogP contribution in [0.3, 0.4) is 0 Å². The lowest BCUT2D eigenvalue weighted by molar-refractivity contribution is 0.415. The number of anilines is 2. The smallest absolute Gasteiger partial charge is 0.143 e. The van der Waals surface area contributed by atoms with Crippen LogP contribution in [0.25, 0.3) is 0 Å². The first-order valence-electron chi connectivity index (χ1n) is 7.41. The summed E-state index contributed by atoms with van der Waals surface area (Å²) in [7, 11) is 1.70. The highest BCUT2D eigenvalue weighted by Crippen LogP contribution is 2.47. The minimum atomic E-state index is 0.723. The molecule has 2 aliphatic rings. The van der Waals surface area contributed by atoms with Crippen LogP contribution < -0.4 is 15.4 Å². The predicted molar refractivity (Wildman–Crippen MR) is 80.0 cm³/mol. The highest BCUT2D eigenvalue weighted by Gasteiger charge is 2.30. The second-order valence-electron chi connectivity index (χ2n) is 6.12. The Morgan fingerprint density at radius 2 is 2.05 bits per heavy atom. The van der Waals surface area contributed by atoms with E-state index in [4.69, 9.17) is 10.5 Å². The van der Waals surface area contributed by atoms with E-state index in [1.165, 1.54) is 36.9 Å². The van der Waals surface area contributed by atoms with Crippen molar-refractivity contribution in [2.24, 2.45) is 5.92 Å². The summed E-state index contributed by atoms with van der Waals surface area (Å²) in [5.41, 5.74) is 9.65. The molecule has 104 valence electrons. The van der Waals surface area contributed by atoms with Crippen molar-refractivity contribution in [2.45, 2.75) is 38.5 Å². The quantitative estimate of drug-likeness (QED) is 0.847. The number of hydrogen-bond acceptors (Lipinski definition) is 3. The van der Waals surface area contributed by atoms with Crippen molar-refractivity contribution < 1.29 is 4.74 Å². The zero-order valence-corrected chi connectivity index (χ0v) is 12.0. The molecule has 0 spiro atoms. The number of nitrogens with zero attached hydrogens (tertiary/aromatic N) is 1. The maximum atomic E-state index is 6.08. The summed E-state index contributed by atoms with van der Waals surface area (Å²) in [4.78, 5) is 2.53. The molecule has 1 saturated carbocycles. The average Bonchev–Trinajstić information content (AvgIpc) is 3.22. The molecule has 2 fully saturated rings. The molecule has 0 amide bonds. The number of ether oxygens (including phenoxy) is 1. The van der Waals surface area contributed by atoms with Gasteiger partial charge >= 0.3 is 0 Å². The molecule has 1 aromatic carbocycles. The first kappa shape index (κ1) is 12.6. The number of nitrogen functional groups attached to an aromatic ring is 1. The fraction of sp³-hybridized carbons (Fsp3) is 0.625. The largest absolute Gasteiger partial charge is 0.495 e. The van der Waals surface area contributed by atoms with Gasteiger partial charge in [0.05, 0.1) is 12.8 Å². The second-order valence-corrected chi connectivity index (χ2v) is 6.12. The summed E-state index contributed by atoms with van der Waals surface area (Å²) in [6.45, 7) is 4.67. The Hall–Kier alpha value is -1.38. The summed E-state index contributed by atoms with van der Waals surface area (Å²) >= 11 is 0. The van der Waals surface area contributed by atoms with E-state index in [9.17, 15) is 0 Å². The molecular weight excluding hydrogens is 236 g/mol. The molecule has 3 heteroatoms. The SMILES string of the molecule is COc1cc(N2CCCC(C)C2)c(C2CC2)cc1N. The zero-order chi connectivity index (χ0) is 13.4. The number of methoxy groups -OCH3 is 1. The molecule has 3 rings (SSSR count). The van der Waals surface area contributed by atoms with Gasteiger partial charge in [0.25, 0.3) is 0 Å². The van der Waals surface area contributed by atoms with Crippen LogP contribution in [-0.2, 0) is 0 Å². The fourth-order valence-corrected chi connectivity index (χ4v) is 3.18. The molecule has 1 aliphatic heterocycles. The van der Waals surface area contributed by atoms with Gasteiger partial charge < -0.3 is 15.4 Å². The van der Waals surface area contributed by atoms with Crippen LogP contribution >= 0.6 is 0 Å². The summed E-state index contributed by atoms with van der Waals surface area (Å²) in [6.07, 6.45) is 5.25. The lowest BCUT2D eigenvalue weighted by atomic mass is 9.97. The van der Waals surface area contributed by atoms with Gasteiger partial charge in [-0.15, -0.1) is 0 Å². The van der Waals surface area contributed by atoms with Gasteiger partial charge in [-0.1, -0.05) is 6.92 Å². The van der Waals surface area contributed by atoms with Crippen molar-refractivity contribution in [1.29, 1.82) is 0 Å². The Kier molecular flexibility index (Phi) is 3.29. The average molecular weight is 260 g/mol. The van der Waals surface area contributed by atoms with Crippen LogP contribution in [0.1, 0.15) is 44.1 Å². The topological polar surface area (TPSA) is 38.5 Å². The van der Waals surface area contributed by atoms with Gasteiger partial charge in [0.1, 0.15) is 5.75 Å². The Morgan fingerprint density at radius 1 is 1.26 bits per heavy atom. The second kappa shape index (κ2) is 4.95. The van der Waals surface area contributed by atoms with Crippen molar-refractivity contribution >= 4 is 11.4 Å². The third-order valence-corrected chi connectivity index (χ3v) is 4.39. The van der Waals surface area contributed by atoms with Gasteiger partial charge in [-0.2, -0.15) is 0 Å². The van der Waals surface area contributed by atoms with Crippen LogP contribution in [0.2, 0.25) is 0 Å². The van der Waals surface area contributed by atoms with Gasteiger partial charge in [-0.3, -0.25) is 0 Å². The van der Waals surface area contributed by atoms with Crippen molar-refractivity contribution in [3.05, 3.63) is 17.7 Å². The standard InChI is InChI=1S/C16H24N2O/c1-11-4-3-7-18(10-11)15-9-16(19-2)14(17)8-13(15)12-5-6-12/h8-9,11-12H,3-7,10,17H2,1-2H3. The van der Waals surface area contributed by atoms with Gasteiger partial charge in [0.15, 0.2) is 0 Å². The lowest BCUT2D eigenvalue weighted by Crippen LogP contribution is -2.34. The van der Waals surface area contributed by atoms with Gasteiger partial charge in [0, 0.05) is 24.8 Å². The maximum Gasteiger partial charge on any atom is 0.143 e. The molecule has 1 atom stereocenters. The van der Waals surface area contributed by atoms with Crippen molar-refractivity contribution in [1.82, 2.24) is 0 Å². The molecule has 0 aromatic heterocycles. The van der Waals surface area contributed by atoms with Crippen LogP contribution in [-0.4, -0.2) is 20.2 Å². The third-order valence-electron chi connectivity index (χ3n) is 4.39. The number of rotatable bonds is 3. The number of benzene rings is 1. The summed E-state index contributed by atoms with van der Waals surface area (Å²) in [5, 5.41) is 0. The fourth-order valence-electron chi connectivity index (χ4n) is 3.18. The molecule has 0 radical (unpaired) electrons. The number of nitrogens with two attached hydrogens (primary N) is 1. The maximum absolute atomic E-state index is 6.08. The van der Waals surface area contributed by atoms with Crippen LogP contribution in [0, 0.1) is 5.92 Å². The Morgan fingerprint density at radius 3 is 2.68 bits per heavy atom. The van der Waals surface area contributed by atoms with E-state index in [-0.39, 0.29) is 0 Å². The Bertz CT molecular complexity index is 468. The Balaban J connectivity index is 1.97. The Labute approximate surface area is 115 Å². The van der Waals surface area contributed by atoms with Gasteiger partial charge in [-0.25, -0.2) is 0 Å².